The minimum absolute atomic E-state index is 0.741. The van der Waals surface area contributed by atoms with Crippen molar-refractivity contribution in [1.82, 2.24) is 0 Å². The van der Waals surface area contributed by atoms with E-state index in [4.69, 9.17) is 23.7 Å². The number of ether oxygens (including phenoxy) is 5. The number of rotatable bonds is 7. The maximum absolute atomic E-state index is 10.6. The van der Waals surface area contributed by atoms with E-state index in [1.807, 2.05) is 0 Å². The Morgan fingerprint density at radius 3 is 1.35 bits per heavy atom. The molecule has 0 aromatic carbocycles. The second-order valence-electron chi connectivity index (χ2n) is 8.33. The zero-order valence-electron chi connectivity index (χ0n) is 17.7. The van der Waals surface area contributed by atoms with Gasteiger partial charge in [0.25, 0.3) is 0 Å². The molecule has 0 unspecified atom stereocenters. The van der Waals surface area contributed by atoms with E-state index in [2.05, 4.69) is 0 Å². The van der Waals surface area contributed by atoms with Gasteiger partial charge < -0.3 is 79.9 Å². The standard InChI is InChI=1S/C18H32O16/c19-1-4-7(22)8(23)12(27)17(31-4)34-15-6(3-21)32-18(13(28)10(15)25)33-14-5(2-20)30-16(29)11(26)9(14)24/h4-29H,1-3H2/t4-,5+,6+,7-,8+,9-,10-,11-,12-,13-,14-,15-,16-,17+,18+/m1/s1. The van der Waals surface area contributed by atoms with E-state index in [-0.39, 0.29) is 0 Å². The minimum Gasteiger partial charge on any atom is -0.394 e. The predicted octanol–water partition coefficient (Wildman–Crippen LogP) is -7.57. The summed E-state index contributed by atoms with van der Waals surface area (Å²) < 4.78 is 26.4. The van der Waals surface area contributed by atoms with Gasteiger partial charge in [0.15, 0.2) is 18.9 Å². The molecule has 3 aliphatic rings. The fourth-order valence-electron chi connectivity index (χ4n) is 4.06. The van der Waals surface area contributed by atoms with Gasteiger partial charge >= 0.3 is 0 Å². The molecule has 3 fully saturated rings. The summed E-state index contributed by atoms with van der Waals surface area (Å²) in [5.74, 6) is 0. The van der Waals surface area contributed by atoms with Crippen molar-refractivity contribution in [2.75, 3.05) is 19.8 Å². The molecule has 16 nitrogen and oxygen atoms in total. The molecular formula is C18H32O16. The van der Waals surface area contributed by atoms with E-state index >= 15 is 0 Å². The lowest BCUT2D eigenvalue weighted by atomic mass is 9.96. The van der Waals surface area contributed by atoms with Crippen LogP contribution in [0.1, 0.15) is 0 Å². The summed E-state index contributed by atoms with van der Waals surface area (Å²) in [6.45, 7) is -2.32. The highest BCUT2D eigenvalue weighted by Crippen LogP contribution is 2.32. The number of hydrogen-bond acceptors (Lipinski definition) is 16. The lowest BCUT2D eigenvalue weighted by molar-refractivity contribution is -0.377. The summed E-state index contributed by atoms with van der Waals surface area (Å²) in [6, 6.07) is 0. The van der Waals surface area contributed by atoms with Crippen LogP contribution in [0.5, 0.6) is 0 Å². The molecule has 0 aliphatic carbocycles. The van der Waals surface area contributed by atoms with E-state index in [1.54, 1.807) is 0 Å². The third-order valence-corrected chi connectivity index (χ3v) is 6.09. The normalized spacial score (nSPS) is 52.5. The highest BCUT2D eigenvalue weighted by molar-refractivity contribution is 4.96. The van der Waals surface area contributed by atoms with Crippen molar-refractivity contribution in [3.8, 4) is 0 Å². The van der Waals surface area contributed by atoms with Gasteiger partial charge in [0, 0.05) is 0 Å². The molecule has 16 heteroatoms. The molecule has 0 bridgehead atoms. The average Bonchev–Trinajstić information content (AvgIpc) is 2.83. The Kier molecular flexibility index (Phi) is 9.54. The van der Waals surface area contributed by atoms with Crippen molar-refractivity contribution in [2.24, 2.45) is 0 Å². The van der Waals surface area contributed by atoms with E-state index in [0.29, 0.717) is 0 Å². The molecule has 0 saturated carbocycles. The summed E-state index contributed by atoms with van der Waals surface area (Å²) >= 11 is 0. The van der Waals surface area contributed by atoms with Crippen LogP contribution in [0.4, 0.5) is 0 Å². The Morgan fingerprint density at radius 1 is 0.441 bits per heavy atom. The van der Waals surface area contributed by atoms with Crippen LogP contribution < -0.4 is 0 Å². The zero-order valence-corrected chi connectivity index (χ0v) is 17.7. The van der Waals surface area contributed by atoms with E-state index in [0.717, 1.165) is 0 Å². The van der Waals surface area contributed by atoms with Gasteiger partial charge in [-0.25, -0.2) is 0 Å². The largest absolute Gasteiger partial charge is 0.394 e. The first-order valence-corrected chi connectivity index (χ1v) is 10.6. The molecule has 3 saturated heterocycles. The predicted molar refractivity (Wildman–Crippen MR) is 101 cm³/mol. The number of hydrogen-bond donors (Lipinski definition) is 11. The first-order valence-electron chi connectivity index (χ1n) is 10.6. The molecule has 0 radical (unpaired) electrons. The van der Waals surface area contributed by atoms with Gasteiger partial charge in [-0.05, 0) is 0 Å². The van der Waals surface area contributed by atoms with Crippen LogP contribution in [-0.4, -0.2) is 168 Å². The Balaban J connectivity index is 1.72. The molecule has 3 aliphatic heterocycles. The Hall–Kier alpha value is -0.640. The van der Waals surface area contributed by atoms with E-state index in [9.17, 15) is 56.2 Å². The van der Waals surface area contributed by atoms with Crippen molar-refractivity contribution in [3.05, 3.63) is 0 Å². The summed E-state index contributed by atoms with van der Waals surface area (Å²) in [5.41, 5.74) is 0. The Labute approximate surface area is 192 Å². The van der Waals surface area contributed by atoms with E-state index in [1.165, 1.54) is 0 Å². The molecule has 200 valence electrons. The maximum Gasteiger partial charge on any atom is 0.187 e. The Morgan fingerprint density at radius 2 is 0.853 bits per heavy atom. The smallest absolute Gasteiger partial charge is 0.187 e. The number of aliphatic hydroxyl groups excluding tert-OH is 11. The van der Waals surface area contributed by atoms with Crippen LogP contribution in [0.25, 0.3) is 0 Å². The first kappa shape index (κ1) is 27.9. The summed E-state index contributed by atoms with van der Waals surface area (Å²) in [6.07, 6.45) is -25.1. The van der Waals surface area contributed by atoms with Crippen molar-refractivity contribution in [2.45, 2.75) is 92.1 Å². The lowest BCUT2D eigenvalue weighted by Crippen LogP contribution is -2.66. The van der Waals surface area contributed by atoms with Crippen LogP contribution in [-0.2, 0) is 23.7 Å². The molecule has 34 heavy (non-hydrogen) atoms. The van der Waals surface area contributed by atoms with Crippen molar-refractivity contribution < 1.29 is 79.9 Å². The molecule has 0 aromatic heterocycles. The molecule has 0 amide bonds. The highest BCUT2D eigenvalue weighted by Gasteiger charge is 2.53. The van der Waals surface area contributed by atoms with Gasteiger partial charge in [-0.3, -0.25) is 0 Å². The molecule has 15 atom stereocenters. The van der Waals surface area contributed by atoms with Crippen LogP contribution in [0, 0.1) is 0 Å². The van der Waals surface area contributed by atoms with Crippen molar-refractivity contribution >= 4 is 0 Å². The molecule has 3 rings (SSSR count). The molecule has 0 aromatic rings. The average molecular weight is 504 g/mol. The second kappa shape index (κ2) is 11.6. The van der Waals surface area contributed by atoms with Gasteiger partial charge in [-0.2, -0.15) is 0 Å². The fourth-order valence-corrected chi connectivity index (χ4v) is 4.06. The van der Waals surface area contributed by atoms with Crippen molar-refractivity contribution in [3.63, 3.8) is 0 Å². The topological polar surface area (TPSA) is 269 Å². The lowest BCUT2D eigenvalue weighted by Gasteiger charge is -2.47. The van der Waals surface area contributed by atoms with E-state index < -0.39 is 112 Å². The summed E-state index contributed by atoms with van der Waals surface area (Å²) in [4.78, 5) is 0. The number of aliphatic hydroxyl groups is 11. The zero-order chi connectivity index (χ0) is 25.3. The van der Waals surface area contributed by atoms with Crippen LogP contribution in [0.3, 0.4) is 0 Å². The van der Waals surface area contributed by atoms with Crippen LogP contribution in [0.2, 0.25) is 0 Å². The highest BCUT2D eigenvalue weighted by atomic mass is 16.8. The fraction of sp³-hybridized carbons (Fsp3) is 1.00. The quantitative estimate of drug-likeness (QED) is 0.154. The SMILES string of the molecule is OC[C@@H]1O[C@@H](O)[C@H](O)[C@@H](O)[C@@H]1O[C@@H]1O[C@@H](CO)[C@@H](O[C@@H]2O[C@H](CO)[C@@H](O)[C@H](O)[C@H]2O)[C@H](O)[C@H]1O. The van der Waals surface area contributed by atoms with Gasteiger partial charge in [0.05, 0.1) is 19.8 Å². The van der Waals surface area contributed by atoms with Crippen LogP contribution in [0.15, 0.2) is 0 Å². The maximum atomic E-state index is 10.6. The molecule has 11 N–H and O–H groups in total. The van der Waals surface area contributed by atoms with Gasteiger partial charge in [0.2, 0.25) is 0 Å². The monoisotopic (exact) mass is 504 g/mol. The summed E-state index contributed by atoms with van der Waals surface area (Å²) in [7, 11) is 0. The van der Waals surface area contributed by atoms with Crippen LogP contribution >= 0.6 is 0 Å². The molecule has 3 heterocycles. The minimum atomic E-state index is -1.91. The Bertz CT molecular complexity index is 635. The van der Waals surface area contributed by atoms with Gasteiger partial charge in [0.1, 0.15) is 73.2 Å². The molecule has 0 spiro atoms. The third-order valence-electron chi connectivity index (χ3n) is 6.09. The molecular weight excluding hydrogens is 472 g/mol. The van der Waals surface area contributed by atoms with Crippen molar-refractivity contribution in [1.29, 1.82) is 0 Å². The third kappa shape index (κ3) is 5.37. The van der Waals surface area contributed by atoms with Gasteiger partial charge in [-0.1, -0.05) is 0 Å². The van der Waals surface area contributed by atoms with Gasteiger partial charge in [-0.15, -0.1) is 0 Å². The first-order chi connectivity index (χ1) is 16.0. The summed E-state index contributed by atoms with van der Waals surface area (Å²) in [5, 5.41) is 109. The second-order valence-corrected chi connectivity index (χ2v) is 8.33.